The van der Waals surface area contributed by atoms with Crippen LogP contribution < -0.4 is 5.32 Å². The van der Waals surface area contributed by atoms with Gasteiger partial charge in [0.25, 0.3) is 0 Å². The molecule has 20 heavy (non-hydrogen) atoms. The molecule has 1 heterocycles. The number of hydrogen-bond donors (Lipinski definition) is 3. The fourth-order valence-electron chi connectivity index (χ4n) is 2.28. The van der Waals surface area contributed by atoms with Gasteiger partial charge >= 0.3 is 18.0 Å². The van der Waals surface area contributed by atoms with E-state index in [0.29, 0.717) is 13.1 Å². The molecule has 1 rings (SSSR count). The van der Waals surface area contributed by atoms with Crippen LogP contribution >= 0.6 is 0 Å². The molecule has 0 aliphatic carbocycles. The predicted molar refractivity (Wildman–Crippen MR) is 70.5 cm³/mol. The highest BCUT2D eigenvalue weighted by Crippen LogP contribution is 2.09. The van der Waals surface area contributed by atoms with Gasteiger partial charge in [0.2, 0.25) is 0 Å². The van der Waals surface area contributed by atoms with Gasteiger partial charge in [0.15, 0.2) is 0 Å². The Morgan fingerprint density at radius 3 is 2.50 bits per heavy atom. The molecule has 3 N–H and O–H groups in total. The molecule has 0 radical (unpaired) electrons. The van der Waals surface area contributed by atoms with E-state index < -0.39 is 30.4 Å². The summed E-state index contributed by atoms with van der Waals surface area (Å²) in [5.74, 6) is -2.61. The van der Waals surface area contributed by atoms with Crippen molar-refractivity contribution < 1.29 is 24.6 Å². The summed E-state index contributed by atoms with van der Waals surface area (Å²) in [4.78, 5) is 37.3. The molecule has 114 valence electrons. The van der Waals surface area contributed by atoms with Gasteiger partial charge in [-0.3, -0.25) is 4.79 Å². The van der Waals surface area contributed by atoms with Crippen molar-refractivity contribution in [2.45, 2.75) is 31.8 Å². The predicted octanol–water partition coefficient (Wildman–Crippen LogP) is -0.350. The van der Waals surface area contributed by atoms with Gasteiger partial charge in [-0.2, -0.15) is 0 Å². The van der Waals surface area contributed by atoms with Crippen LogP contribution in [0.25, 0.3) is 0 Å². The van der Waals surface area contributed by atoms with E-state index in [-0.39, 0.29) is 6.04 Å². The highest BCUT2D eigenvalue weighted by molar-refractivity contribution is 5.86. The maximum atomic E-state index is 12.1. The average Bonchev–Trinajstić information content (AvgIpc) is 2.48. The molecule has 0 aromatic rings. The minimum Gasteiger partial charge on any atom is -0.481 e. The van der Waals surface area contributed by atoms with Gasteiger partial charge in [0.05, 0.1) is 6.42 Å². The van der Waals surface area contributed by atoms with Crippen molar-refractivity contribution in [3.8, 4) is 0 Å². The quantitative estimate of drug-likeness (QED) is 0.652. The molecular formula is C12H21N3O5. The van der Waals surface area contributed by atoms with Crippen molar-refractivity contribution in [3.63, 3.8) is 0 Å². The zero-order chi connectivity index (χ0) is 15.3. The van der Waals surface area contributed by atoms with E-state index in [1.54, 1.807) is 4.90 Å². The highest BCUT2D eigenvalue weighted by atomic mass is 16.4. The summed E-state index contributed by atoms with van der Waals surface area (Å²) < 4.78 is 0. The van der Waals surface area contributed by atoms with E-state index in [9.17, 15) is 14.4 Å². The van der Waals surface area contributed by atoms with Gasteiger partial charge in [-0.15, -0.1) is 0 Å². The smallest absolute Gasteiger partial charge is 0.326 e. The van der Waals surface area contributed by atoms with Crippen LogP contribution in [0.15, 0.2) is 0 Å². The van der Waals surface area contributed by atoms with Crippen molar-refractivity contribution in [1.82, 2.24) is 15.1 Å². The van der Waals surface area contributed by atoms with Crippen LogP contribution in [-0.4, -0.2) is 76.7 Å². The Labute approximate surface area is 117 Å². The molecule has 8 nitrogen and oxygen atoms in total. The molecule has 0 aromatic carbocycles. The van der Waals surface area contributed by atoms with Crippen molar-refractivity contribution in [2.24, 2.45) is 0 Å². The summed E-state index contributed by atoms with van der Waals surface area (Å²) in [5, 5.41) is 19.9. The van der Waals surface area contributed by atoms with Crippen molar-refractivity contribution in [2.75, 3.05) is 26.7 Å². The number of amides is 2. The topological polar surface area (TPSA) is 110 Å². The largest absolute Gasteiger partial charge is 0.481 e. The first-order valence-electron chi connectivity index (χ1n) is 6.51. The van der Waals surface area contributed by atoms with E-state index in [0.717, 1.165) is 13.0 Å². The Bertz CT molecular complexity index is 387. The van der Waals surface area contributed by atoms with E-state index in [4.69, 9.17) is 10.2 Å². The first kappa shape index (κ1) is 16.2. The fraction of sp³-hybridized carbons (Fsp3) is 0.750. The summed E-state index contributed by atoms with van der Waals surface area (Å²) >= 11 is 0. The number of aliphatic carboxylic acids is 2. The number of carboxylic acids is 2. The van der Waals surface area contributed by atoms with E-state index in [1.807, 2.05) is 14.0 Å². The highest BCUT2D eigenvalue weighted by Gasteiger charge is 2.29. The van der Waals surface area contributed by atoms with Crippen LogP contribution in [0, 0.1) is 0 Å². The molecule has 1 unspecified atom stereocenters. The number of carbonyl (C=O) groups excluding carboxylic acids is 1. The maximum Gasteiger partial charge on any atom is 0.326 e. The minimum atomic E-state index is -1.41. The third kappa shape index (κ3) is 4.69. The van der Waals surface area contributed by atoms with Gasteiger partial charge in [0.1, 0.15) is 6.04 Å². The summed E-state index contributed by atoms with van der Waals surface area (Å²) in [6.07, 6.45) is 0.161. The van der Waals surface area contributed by atoms with Crippen LogP contribution in [0.1, 0.15) is 19.8 Å². The number of nitrogens with zero attached hydrogens (tertiary/aromatic N) is 2. The molecule has 2 amide bonds. The third-order valence-corrected chi connectivity index (χ3v) is 3.28. The average molecular weight is 287 g/mol. The number of likely N-dealkylation sites (N-methyl/N-ethyl adjacent to an activating group) is 1. The van der Waals surface area contributed by atoms with E-state index in [1.165, 1.54) is 0 Å². The lowest BCUT2D eigenvalue weighted by molar-refractivity contribution is -0.145. The fourth-order valence-corrected chi connectivity index (χ4v) is 2.28. The number of nitrogens with one attached hydrogen (secondary N) is 1. The number of rotatable bonds is 4. The van der Waals surface area contributed by atoms with Crippen molar-refractivity contribution in [3.05, 3.63) is 0 Å². The van der Waals surface area contributed by atoms with Gasteiger partial charge in [-0.05, 0) is 26.9 Å². The number of hydrogen-bond acceptors (Lipinski definition) is 4. The summed E-state index contributed by atoms with van der Waals surface area (Å²) in [7, 11) is 1.96. The summed E-state index contributed by atoms with van der Waals surface area (Å²) in [6.45, 7) is 3.97. The normalized spacial score (nSPS) is 21.9. The van der Waals surface area contributed by atoms with Crippen molar-refractivity contribution in [1.29, 1.82) is 0 Å². The number of carboxylic acid groups (broad SMARTS) is 2. The molecule has 1 aliphatic rings. The Hall–Kier alpha value is -1.83. The first-order valence-corrected chi connectivity index (χ1v) is 6.51. The second-order valence-corrected chi connectivity index (χ2v) is 5.10. The number of carbonyl (C=O) groups is 3. The van der Waals surface area contributed by atoms with Gasteiger partial charge in [-0.1, -0.05) is 0 Å². The molecule has 0 bridgehead atoms. The summed E-state index contributed by atoms with van der Waals surface area (Å²) in [5.41, 5.74) is 0. The van der Waals surface area contributed by atoms with Crippen LogP contribution in [-0.2, 0) is 9.59 Å². The third-order valence-electron chi connectivity index (χ3n) is 3.28. The molecule has 2 atom stereocenters. The van der Waals surface area contributed by atoms with Gasteiger partial charge in [-0.25, -0.2) is 9.59 Å². The standard InChI is InChI=1S/C12H21N3O5/c1-8-7-14(2)4-3-5-15(8)12(20)13-9(11(18)19)6-10(16)17/h8-9H,3-7H2,1-2H3,(H,13,20)(H,16,17)(H,18,19)/t8?,9-/m1/s1. The molecule has 0 aromatic heterocycles. The van der Waals surface area contributed by atoms with Crippen LogP contribution in [0.3, 0.4) is 0 Å². The maximum absolute atomic E-state index is 12.1. The minimum absolute atomic E-state index is 0.0539. The van der Waals surface area contributed by atoms with Gasteiger partial charge < -0.3 is 25.3 Å². The Kier molecular flexibility index (Phi) is 5.75. The zero-order valence-corrected chi connectivity index (χ0v) is 11.7. The lowest BCUT2D eigenvalue weighted by Crippen LogP contribution is -2.52. The van der Waals surface area contributed by atoms with E-state index >= 15 is 0 Å². The molecule has 0 saturated carbocycles. The Balaban J connectivity index is 2.67. The molecule has 8 heteroatoms. The van der Waals surface area contributed by atoms with Crippen LogP contribution in [0.5, 0.6) is 0 Å². The van der Waals surface area contributed by atoms with Crippen LogP contribution in [0.4, 0.5) is 4.79 Å². The van der Waals surface area contributed by atoms with Crippen LogP contribution in [0.2, 0.25) is 0 Å². The molecule has 1 saturated heterocycles. The summed E-state index contributed by atoms with van der Waals surface area (Å²) in [6, 6.07) is -1.99. The monoisotopic (exact) mass is 287 g/mol. The molecule has 0 spiro atoms. The second-order valence-electron chi connectivity index (χ2n) is 5.10. The van der Waals surface area contributed by atoms with Crippen molar-refractivity contribution >= 4 is 18.0 Å². The lowest BCUT2D eigenvalue weighted by Gasteiger charge is -2.29. The first-order chi connectivity index (χ1) is 9.31. The molecule has 1 aliphatic heterocycles. The lowest BCUT2D eigenvalue weighted by atomic mass is 10.2. The number of urea groups is 1. The Morgan fingerprint density at radius 1 is 1.30 bits per heavy atom. The zero-order valence-electron chi connectivity index (χ0n) is 11.7. The SMILES string of the molecule is CC1CN(C)CCCN1C(=O)N[C@H](CC(=O)O)C(=O)O. The molecule has 1 fully saturated rings. The molecular weight excluding hydrogens is 266 g/mol. The van der Waals surface area contributed by atoms with Gasteiger partial charge in [0, 0.05) is 19.1 Å². The Morgan fingerprint density at radius 2 is 1.95 bits per heavy atom. The van der Waals surface area contributed by atoms with E-state index in [2.05, 4.69) is 10.2 Å². The second kappa shape index (κ2) is 7.09.